The van der Waals surface area contributed by atoms with Crippen molar-refractivity contribution in [2.75, 3.05) is 0 Å². The zero-order chi connectivity index (χ0) is 14.5. The first-order valence-electron chi connectivity index (χ1n) is 6.70. The largest absolute Gasteiger partial charge is 0.489 e. The Bertz CT molecular complexity index is 556. The van der Waals surface area contributed by atoms with E-state index in [1.165, 1.54) is 0 Å². The molecule has 2 unspecified atom stereocenters. The maximum absolute atomic E-state index is 6.17. The maximum atomic E-state index is 6.17. The Hall–Kier alpha value is -1.52. The Labute approximate surface area is 124 Å². The fourth-order valence-electron chi connectivity index (χ4n) is 2.01. The first-order valence-corrected chi connectivity index (χ1v) is 7.08. The van der Waals surface area contributed by atoms with E-state index < -0.39 is 0 Å². The highest BCUT2D eigenvalue weighted by Gasteiger charge is 2.15. The lowest BCUT2D eigenvalue weighted by Crippen LogP contribution is -2.37. The fourth-order valence-corrected chi connectivity index (χ4v) is 2.19. The highest BCUT2D eigenvalue weighted by atomic mass is 35.5. The number of benzene rings is 1. The van der Waals surface area contributed by atoms with Crippen molar-refractivity contribution in [2.24, 2.45) is 12.8 Å². The average molecular weight is 294 g/mol. The summed E-state index contributed by atoms with van der Waals surface area (Å²) in [5.41, 5.74) is 6.17. The number of rotatable bonds is 6. The van der Waals surface area contributed by atoms with Gasteiger partial charge in [-0.1, -0.05) is 17.7 Å². The molecule has 2 atom stereocenters. The molecule has 0 amide bonds. The van der Waals surface area contributed by atoms with Crippen molar-refractivity contribution in [1.82, 2.24) is 9.55 Å². The molecule has 1 aromatic carbocycles. The van der Waals surface area contributed by atoms with Crippen LogP contribution in [0, 0.1) is 0 Å². The van der Waals surface area contributed by atoms with Crippen LogP contribution in [0.1, 0.15) is 19.2 Å². The van der Waals surface area contributed by atoms with E-state index >= 15 is 0 Å². The molecule has 0 aliphatic rings. The minimum Gasteiger partial charge on any atom is -0.489 e. The van der Waals surface area contributed by atoms with Gasteiger partial charge in [0.15, 0.2) is 0 Å². The predicted molar refractivity (Wildman–Crippen MR) is 81.0 cm³/mol. The molecule has 0 bridgehead atoms. The molecule has 4 nitrogen and oxygen atoms in total. The van der Waals surface area contributed by atoms with Gasteiger partial charge in [0.25, 0.3) is 0 Å². The van der Waals surface area contributed by atoms with E-state index in [-0.39, 0.29) is 12.1 Å². The molecule has 0 fully saturated rings. The van der Waals surface area contributed by atoms with E-state index in [0.717, 1.165) is 24.4 Å². The van der Waals surface area contributed by atoms with Gasteiger partial charge in [0.05, 0.1) is 0 Å². The molecule has 0 aliphatic carbocycles. The number of ether oxygens (including phenoxy) is 1. The fraction of sp³-hybridized carbons (Fsp3) is 0.400. The van der Waals surface area contributed by atoms with Crippen LogP contribution in [0.5, 0.6) is 5.75 Å². The zero-order valence-electron chi connectivity index (χ0n) is 11.8. The van der Waals surface area contributed by atoms with Crippen molar-refractivity contribution < 1.29 is 4.74 Å². The van der Waals surface area contributed by atoms with Gasteiger partial charge in [-0.2, -0.15) is 0 Å². The number of halogens is 1. The molecular weight excluding hydrogens is 274 g/mol. The van der Waals surface area contributed by atoms with Crippen molar-refractivity contribution in [1.29, 1.82) is 0 Å². The van der Waals surface area contributed by atoms with Crippen LogP contribution in [0.3, 0.4) is 0 Å². The number of aromatic nitrogens is 2. The van der Waals surface area contributed by atoms with Gasteiger partial charge in [-0.15, -0.1) is 0 Å². The number of imidazole rings is 1. The van der Waals surface area contributed by atoms with Gasteiger partial charge in [0.2, 0.25) is 0 Å². The smallest absolute Gasteiger partial charge is 0.121 e. The lowest BCUT2D eigenvalue weighted by Gasteiger charge is -2.21. The highest BCUT2D eigenvalue weighted by Crippen LogP contribution is 2.19. The van der Waals surface area contributed by atoms with Crippen molar-refractivity contribution in [3.63, 3.8) is 0 Å². The lowest BCUT2D eigenvalue weighted by molar-refractivity contribution is 0.184. The average Bonchev–Trinajstić information content (AvgIpc) is 2.81. The van der Waals surface area contributed by atoms with E-state index in [4.69, 9.17) is 22.1 Å². The second-order valence-electron chi connectivity index (χ2n) is 4.94. The molecule has 0 aliphatic heterocycles. The van der Waals surface area contributed by atoms with Crippen molar-refractivity contribution >= 4 is 11.6 Å². The molecule has 108 valence electrons. The number of hydrogen-bond acceptors (Lipinski definition) is 3. The first-order chi connectivity index (χ1) is 9.56. The molecule has 0 saturated carbocycles. The van der Waals surface area contributed by atoms with Crippen LogP contribution in [-0.2, 0) is 13.5 Å². The second-order valence-corrected chi connectivity index (χ2v) is 5.37. The summed E-state index contributed by atoms with van der Waals surface area (Å²) in [6.45, 7) is 1.98. The van der Waals surface area contributed by atoms with E-state index in [9.17, 15) is 0 Å². The summed E-state index contributed by atoms with van der Waals surface area (Å²) in [4.78, 5) is 4.29. The van der Waals surface area contributed by atoms with Crippen LogP contribution in [-0.4, -0.2) is 21.7 Å². The van der Waals surface area contributed by atoms with Crippen molar-refractivity contribution in [2.45, 2.75) is 31.9 Å². The van der Waals surface area contributed by atoms with Gasteiger partial charge in [-0.05, 0) is 31.5 Å². The zero-order valence-corrected chi connectivity index (χ0v) is 12.5. The first kappa shape index (κ1) is 14.9. The molecule has 1 heterocycles. The normalized spacial score (nSPS) is 14.0. The predicted octanol–water partition coefficient (Wildman–Crippen LogP) is 2.80. The van der Waals surface area contributed by atoms with E-state index in [1.807, 2.05) is 42.9 Å². The third kappa shape index (κ3) is 3.99. The Kier molecular flexibility index (Phi) is 5.04. The third-order valence-electron chi connectivity index (χ3n) is 3.34. The maximum Gasteiger partial charge on any atom is 0.121 e. The van der Waals surface area contributed by atoms with Crippen LogP contribution >= 0.6 is 11.6 Å². The quantitative estimate of drug-likeness (QED) is 0.891. The van der Waals surface area contributed by atoms with E-state index in [1.54, 1.807) is 12.3 Å². The molecule has 0 radical (unpaired) electrons. The monoisotopic (exact) mass is 293 g/mol. The Morgan fingerprint density at radius 3 is 2.90 bits per heavy atom. The minimum atomic E-state index is -0.0752. The molecule has 1 aromatic heterocycles. The molecule has 20 heavy (non-hydrogen) atoms. The van der Waals surface area contributed by atoms with E-state index in [2.05, 4.69) is 4.98 Å². The SMILES string of the molecule is CC(Oc1cccc(Cl)c1)C(N)CCc1nccn1C. The van der Waals surface area contributed by atoms with Crippen LogP contribution < -0.4 is 10.5 Å². The van der Waals surface area contributed by atoms with Gasteiger partial charge in [-0.25, -0.2) is 4.98 Å². The topological polar surface area (TPSA) is 53.1 Å². The standard InChI is InChI=1S/C15H20ClN3O/c1-11(20-13-5-3-4-12(16)10-13)14(17)6-7-15-18-8-9-19(15)2/h3-5,8-11,14H,6-7,17H2,1-2H3. The molecule has 2 aromatic rings. The van der Waals surface area contributed by atoms with Gasteiger partial charge in [0.1, 0.15) is 17.7 Å². The molecule has 0 saturated heterocycles. The van der Waals surface area contributed by atoms with Crippen LogP contribution in [0.2, 0.25) is 5.02 Å². The second kappa shape index (κ2) is 6.77. The Morgan fingerprint density at radius 1 is 1.45 bits per heavy atom. The van der Waals surface area contributed by atoms with Crippen LogP contribution in [0.15, 0.2) is 36.7 Å². The molecule has 0 spiro atoms. The summed E-state index contributed by atoms with van der Waals surface area (Å²) in [5, 5.41) is 0.663. The number of nitrogens with zero attached hydrogens (tertiary/aromatic N) is 2. The highest BCUT2D eigenvalue weighted by molar-refractivity contribution is 6.30. The lowest BCUT2D eigenvalue weighted by atomic mass is 10.1. The molecule has 2 rings (SSSR count). The van der Waals surface area contributed by atoms with Crippen molar-refractivity contribution in [3.8, 4) is 5.75 Å². The van der Waals surface area contributed by atoms with Crippen LogP contribution in [0.25, 0.3) is 0 Å². The van der Waals surface area contributed by atoms with Gasteiger partial charge >= 0.3 is 0 Å². The van der Waals surface area contributed by atoms with E-state index in [0.29, 0.717) is 5.02 Å². The summed E-state index contributed by atoms with van der Waals surface area (Å²) in [6.07, 6.45) is 5.33. The van der Waals surface area contributed by atoms with Crippen molar-refractivity contribution in [3.05, 3.63) is 47.5 Å². The summed E-state index contributed by atoms with van der Waals surface area (Å²) >= 11 is 5.93. The molecule has 2 N–H and O–H groups in total. The number of hydrogen-bond donors (Lipinski definition) is 1. The number of aryl methyl sites for hydroxylation is 2. The third-order valence-corrected chi connectivity index (χ3v) is 3.58. The summed E-state index contributed by atoms with van der Waals surface area (Å²) in [6, 6.07) is 7.31. The summed E-state index contributed by atoms with van der Waals surface area (Å²) in [5.74, 6) is 1.79. The summed E-state index contributed by atoms with van der Waals surface area (Å²) < 4.78 is 7.83. The minimum absolute atomic E-state index is 0.0503. The number of nitrogens with two attached hydrogens (primary N) is 1. The van der Waals surface area contributed by atoms with Crippen LogP contribution in [0.4, 0.5) is 0 Å². The van der Waals surface area contributed by atoms with Gasteiger partial charge in [-0.3, -0.25) is 0 Å². The Balaban J connectivity index is 1.86. The van der Waals surface area contributed by atoms with Gasteiger partial charge < -0.3 is 15.0 Å². The molecular formula is C15H20ClN3O. The molecule has 5 heteroatoms. The van der Waals surface area contributed by atoms with Gasteiger partial charge in [0, 0.05) is 36.9 Å². The Morgan fingerprint density at radius 2 is 2.25 bits per heavy atom. The summed E-state index contributed by atoms with van der Waals surface area (Å²) in [7, 11) is 1.99.